The number of unbranched alkanes of at least 4 members (excludes halogenated alkanes) is 1. The van der Waals surface area contributed by atoms with Gasteiger partial charge >= 0.3 is 12.1 Å². The van der Waals surface area contributed by atoms with Crippen molar-refractivity contribution in [3.63, 3.8) is 0 Å². The molecule has 32 heteroatoms. The Labute approximate surface area is 662 Å². The standard InChI is InChI=1S/C81H106ClN17O14/c1-48(2)38-62(71(102)90-61(15-8-9-32-87-49(3)4)79(110)99-33-11-16-69(99)78(109)88-50(5)70(83)101)91-72(103)64(42-53-24-29-60(30-25-53)89-80(84)111)92-74(105)65(40-51-17-19-54(20-18-51)46-98-34-36-113-37-35-98)95-77(108)68(47-100)96-75(106)66(44-56-12-10-31-86-45-56)94-73(104)63(41-52-22-27-59(82)28-23-52)93-76(107)67(97-81(85)112)43-55-21-26-57-13-6-7-14-58(57)39-55/h6-7,10,12-14,17-31,39,45,48-50,61-69,87,100H,8-9,11,15-16,32-38,40-44,46-47H2,1-5H3,(H2,83,101)(H,88,109)(H,90,102)(H,91,103)(H,92,105)(H,93,107)(H,94,104)(H,95,108)(H,96,106)(H3,84,89,111)(H3,85,97,112)/t50-,61+,62+,63-,64-,65+,66-,67-,68+,69+/m1/s1. The maximum absolute atomic E-state index is 15.4. The molecule has 0 bridgehead atoms. The number of ether oxygens (including phenoxy) is 1. The topological polar surface area (TPSA) is 464 Å². The smallest absolute Gasteiger partial charge is 0.316 e. The van der Waals surface area contributed by atoms with Gasteiger partial charge in [0.25, 0.3) is 0 Å². The third-order valence-electron chi connectivity index (χ3n) is 19.4. The molecule has 31 nitrogen and oxygen atoms in total. The van der Waals surface area contributed by atoms with Crippen LogP contribution in [0.25, 0.3) is 10.8 Å². The average molecular weight is 1580 g/mol. The number of benzene rings is 5. The maximum atomic E-state index is 15.4. The lowest BCUT2D eigenvalue weighted by Crippen LogP contribution is -2.62. The van der Waals surface area contributed by atoms with Gasteiger partial charge in [-0.05, 0) is 132 Å². The van der Waals surface area contributed by atoms with Crippen LogP contribution in [0.3, 0.4) is 0 Å². The number of carbonyl (C=O) groups excluding carboxylic acids is 12. The Kier molecular flexibility index (Phi) is 33.8. The van der Waals surface area contributed by atoms with Crippen molar-refractivity contribution in [2.24, 2.45) is 23.1 Å². The molecular formula is C81H106ClN17O14. The summed E-state index contributed by atoms with van der Waals surface area (Å²) in [5.74, 6) is -8.51. The number of hydrogen-bond acceptors (Lipinski definition) is 17. The van der Waals surface area contributed by atoms with Crippen molar-refractivity contribution in [1.82, 2.24) is 68.0 Å². The van der Waals surface area contributed by atoms with E-state index in [1.54, 1.807) is 66.7 Å². The number of rotatable bonds is 41. The van der Waals surface area contributed by atoms with E-state index in [1.807, 2.05) is 76.2 Å². The van der Waals surface area contributed by atoms with Gasteiger partial charge < -0.3 is 90.4 Å². The molecule has 2 fully saturated rings. The number of morpholine rings is 1. The first-order chi connectivity index (χ1) is 54.1. The fraction of sp³-hybridized carbons (Fsp3) is 0.444. The number of aliphatic hydroxyl groups is 1. The van der Waals surface area contributed by atoms with Crippen LogP contribution < -0.4 is 75.7 Å². The summed E-state index contributed by atoms with van der Waals surface area (Å²) in [4.78, 5) is 178. The Balaban J connectivity index is 1.08. The third-order valence-corrected chi connectivity index (χ3v) is 19.7. The quantitative estimate of drug-likeness (QED) is 0.0245. The molecule has 0 radical (unpaired) electrons. The van der Waals surface area contributed by atoms with Crippen LogP contribution in [0.15, 0.2) is 140 Å². The van der Waals surface area contributed by atoms with E-state index in [0.29, 0.717) is 97.2 Å². The zero-order chi connectivity index (χ0) is 81.7. The zero-order valence-corrected chi connectivity index (χ0v) is 65.1. The van der Waals surface area contributed by atoms with Crippen LogP contribution in [0.1, 0.15) is 107 Å². The summed E-state index contributed by atoms with van der Waals surface area (Å²) in [6.07, 6.45) is 3.94. The maximum Gasteiger partial charge on any atom is 0.316 e. The van der Waals surface area contributed by atoms with Crippen LogP contribution in [-0.2, 0) is 91.3 Å². The molecule has 0 aliphatic carbocycles. The fourth-order valence-corrected chi connectivity index (χ4v) is 13.5. The molecule has 606 valence electrons. The van der Waals surface area contributed by atoms with E-state index in [9.17, 15) is 53.1 Å². The number of aromatic nitrogens is 1. The summed E-state index contributed by atoms with van der Waals surface area (Å²) in [7, 11) is 0. The number of fused-ring (bicyclic) bond motifs is 1. The predicted molar refractivity (Wildman–Crippen MR) is 425 cm³/mol. The van der Waals surface area contributed by atoms with E-state index in [-0.39, 0.29) is 69.9 Å². The molecule has 1 aromatic heterocycles. The Hall–Kier alpha value is -11.1. The van der Waals surface area contributed by atoms with Crippen LogP contribution in [0, 0.1) is 5.92 Å². The molecule has 6 aromatic rings. The van der Waals surface area contributed by atoms with Gasteiger partial charge in [-0.15, -0.1) is 0 Å². The monoisotopic (exact) mass is 1580 g/mol. The normalized spacial score (nSPS) is 16.0. The average Bonchev–Trinajstić information content (AvgIpc) is 1.81. The molecule has 5 aromatic carbocycles. The highest BCUT2D eigenvalue weighted by Gasteiger charge is 2.41. The number of nitrogens with zero attached hydrogens (tertiary/aromatic N) is 3. The Morgan fingerprint density at radius 3 is 1.53 bits per heavy atom. The van der Waals surface area contributed by atoms with Gasteiger partial charge in [0, 0.05) is 87.4 Å². The van der Waals surface area contributed by atoms with Gasteiger partial charge in [0.1, 0.15) is 60.4 Å². The lowest BCUT2D eigenvalue weighted by atomic mass is 9.99. The van der Waals surface area contributed by atoms with Gasteiger partial charge in [-0.1, -0.05) is 136 Å². The first-order valence-electron chi connectivity index (χ1n) is 38.2. The van der Waals surface area contributed by atoms with Gasteiger partial charge in [-0.2, -0.15) is 0 Å². The van der Waals surface area contributed by atoms with Crippen molar-refractivity contribution in [3.8, 4) is 0 Å². The number of urea groups is 2. The summed E-state index contributed by atoms with van der Waals surface area (Å²) in [6, 6.07) is 20.7. The van der Waals surface area contributed by atoms with Gasteiger partial charge in [0.2, 0.25) is 59.1 Å². The van der Waals surface area contributed by atoms with Crippen LogP contribution in [0.2, 0.25) is 5.02 Å². The van der Waals surface area contributed by atoms with E-state index in [2.05, 4.69) is 68.4 Å². The number of primary amides is 3. The van der Waals surface area contributed by atoms with Crippen molar-refractivity contribution < 1.29 is 67.4 Å². The molecule has 18 N–H and O–H groups in total. The number of likely N-dealkylation sites (tertiary alicyclic amines) is 1. The van der Waals surface area contributed by atoms with Crippen molar-refractivity contribution >= 4 is 99.2 Å². The molecule has 14 amide bonds. The number of carbonyl (C=O) groups is 12. The van der Waals surface area contributed by atoms with E-state index in [1.165, 1.54) is 36.4 Å². The predicted octanol–water partition coefficient (Wildman–Crippen LogP) is 2.34. The van der Waals surface area contributed by atoms with Gasteiger partial charge in [-0.3, -0.25) is 57.8 Å². The minimum atomic E-state index is -1.84. The number of pyridine rings is 1. The summed E-state index contributed by atoms with van der Waals surface area (Å²) in [5.41, 5.74) is 20.3. The second kappa shape index (κ2) is 43.6. The minimum absolute atomic E-state index is 0.0242. The molecule has 3 heterocycles. The molecule has 2 aliphatic heterocycles. The highest BCUT2D eigenvalue weighted by atomic mass is 35.5. The molecule has 0 spiro atoms. The van der Waals surface area contributed by atoms with E-state index in [0.717, 1.165) is 16.3 Å². The number of aliphatic hydroxyl groups excluding tert-OH is 1. The van der Waals surface area contributed by atoms with E-state index < -0.39 is 138 Å². The highest BCUT2D eigenvalue weighted by Crippen LogP contribution is 2.23. The summed E-state index contributed by atoms with van der Waals surface area (Å²) in [5, 5.41) is 43.5. The van der Waals surface area contributed by atoms with Gasteiger partial charge in [0.15, 0.2) is 0 Å². The molecule has 2 aliphatic rings. The van der Waals surface area contributed by atoms with E-state index >= 15 is 9.59 Å². The van der Waals surface area contributed by atoms with Crippen LogP contribution >= 0.6 is 11.6 Å². The third kappa shape index (κ3) is 28.2. The number of amides is 14. The number of hydrogen-bond donors (Lipinski definition) is 15. The van der Waals surface area contributed by atoms with Crippen LogP contribution in [0.4, 0.5) is 15.3 Å². The SMILES string of the molecule is CC(C)C[C@H](NC(=O)[C@@H](Cc1ccc(NC(N)=O)cc1)NC(=O)[C@H](Cc1ccc(CN2CCOCC2)cc1)NC(=O)[C@H](CO)NC(=O)[C@@H](Cc1cccnc1)NC(=O)[C@@H](Cc1ccc(Cl)cc1)NC(=O)[C@@H](Cc1ccc2ccccc2c1)NC(N)=O)C(=O)N[C@@H](CCCCNC(C)C)C(=O)N1CCC[C@H]1C(=O)N[C@H](C)C(N)=O. The van der Waals surface area contributed by atoms with E-state index in [4.69, 9.17) is 33.5 Å². The van der Waals surface area contributed by atoms with Crippen molar-refractivity contribution in [1.29, 1.82) is 0 Å². The Morgan fingerprint density at radius 1 is 0.513 bits per heavy atom. The van der Waals surface area contributed by atoms with Crippen LogP contribution in [0.5, 0.6) is 0 Å². The molecule has 8 rings (SSSR count). The highest BCUT2D eigenvalue weighted by molar-refractivity contribution is 6.30. The molecule has 2 saturated heterocycles. The Morgan fingerprint density at radius 2 is 1.00 bits per heavy atom. The first-order valence-corrected chi connectivity index (χ1v) is 38.5. The molecule has 10 atom stereocenters. The van der Waals surface area contributed by atoms with Crippen molar-refractivity contribution in [3.05, 3.63) is 178 Å². The summed E-state index contributed by atoms with van der Waals surface area (Å²) in [6.45, 7) is 11.9. The van der Waals surface area contributed by atoms with Crippen molar-refractivity contribution in [2.45, 2.75) is 178 Å². The molecular weight excluding hydrogens is 1470 g/mol. The van der Waals surface area contributed by atoms with Gasteiger partial charge in [0.05, 0.1) is 19.8 Å². The molecule has 0 unspecified atom stereocenters. The second-order valence-electron chi connectivity index (χ2n) is 29.3. The first kappa shape index (κ1) is 87.5. The van der Waals surface area contributed by atoms with Crippen molar-refractivity contribution in [2.75, 3.05) is 51.3 Å². The lowest BCUT2D eigenvalue weighted by molar-refractivity contribution is -0.142. The largest absolute Gasteiger partial charge is 0.394 e. The zero-order valence-electron chi connectivity index (χ0n) is 64.3. The van der Waals surface area contributed by atoms with Crippen LogP contribution in [-0.4, -0.2) is 203 Å². The second-order valence-corrected chi connectivity index (χ2v) is 29.7. The number of anilines is 1. The number of halogens is 1. The summed E-state index contributed by atoms with van der Waals surface area (Å²) >= 11 is 6.27. The summed E-state index contributed by atoms with van der Waals surface area (Å²) < 4.78 is 5.55. The lowest BCUT2D eigenvalue weighted by Gasteiger charge is -2.31. The molecule has 113 heavy (non-hydrogen) atoms. The van der Waals surface area contributed by atoms with Gasteiger partial charge in [-0.25, -0.2) is 9.59 Å². The minimum Gasteiger partial charge on any atom is -0.394 e. The Bertz CT molecular complexity index is 4230. The number of nitrogens with one attached hydrogen (secondary N) is 11. The number of nitrogens with two attached hydrogens (primary N) is 3. The fourth-order valence-electron chi connectivity index (χ4n) is 13.4. The molecule has 0 saturated carbocycles.